The number of hydrogen-bond donors (Lipinski definition) is 0. The van der Waals surface area contributed by atoms with Gasteiger partial charge in [0.25, 0.3) is 9.28 Å². The highest BCUT2D eigenvalue weighted by molar-refractivity contribution is 6.78. The van der Waals surface area contributed by atoms with Crippen molar-refractivity contribution >= 4 is 79.1 Å². The van der Waals surface area contributed by atoms with E-state index in [1.165, 1.54) is 25.7 Å². The lowest BCUT2D eigenvalue weighted by atomic mass is 10.2. The maximum atomic E-state index is 5.96. The molecule has 2 atom stereocenters. The summed E-state index contributed by atoms with van der Waals surface area (Å²) in [5.41, 5.74) is 0. The Morgan fingerprint density at radius 1 is 0.812 bits per heavy atom. The Morgan fingerprint density at radius 2 is 1.31 bits per heavy atom. The Hall–Kier alpha value is 1.21. The summed E-state index contributed by atoms with van der Waals surface area (Å²) < 4.78 is 34.5. The van der Waals surface area contributed by atoms with Crippen molar-refractivity contribution in [3.05, 3.63) is 0 Å². The predicted molar refractivity (Wildman–Crippen MR) is 162 cm³/mol. The van der Waals surface area contributed by atoms with E-state index in [4.69, 9.17) is 24.7 Å². The van der Waals surface area contributed by atoms with Crippen molar-refractivity contribution in [1.29, 1.82) is 0 Å². The lowest BCUT2D eigenvalue weighted by Crippen LogP contribution is -2.44. The minimum atomic E-state index is -1.88. The summed E-state index contributed by atoms with van der Waals surface area (Å²) in [6.07, 6.45) is 9.65. The van der Waals surface area contributed by atoms with E-state index in [-0.39, 0.29) is 19.1 Å². The zero-order valence-electron chi connectivity index (χ0n) is 23.2. The smallest absolute Gasteiger partial charge is 0.355 e. The van der Waals surface area contributed by atoms with E-state index in [9.17, 15) is 0 Å². The summed E-state index contributed by atoms with van der Waals surface area (Å²) in [5.74, 6) is 1.05. The van der Waals surface area contributed by atoms with Gasteiger partial charge in [0.2, 0.25) is 0 Å². The van der Waals surface area contributed by atoms with E-state index in [0.717, 1.165) is 5.92 Å². The monoisotopic (exact) mass is 590 g/mol. The van der Waals surface area contributed by atoms with Crippen molar-refractivity contribution in [3.8, 4) is 0 Å². The minimum absolute atomic E-state index is 0.130. The topological polar surface area (TPSA) is 55.4 Å². The molecule has 0 radical (unpaired) electrons. The molecule has 0 aliphatic heterocycles. The van der Waals surface area contributed by atoms with E-state index in [2.05, 4.69) is 78.6 Å². The van der Waals surface area contributed by atoms with Crippen LogP contribution in [0.1, 0.15) is 32.6 Å². The molecule has 1 rings (SSSR count). The van der Waals surface area contributed by atoms with E-state index < -0.39 is 53.8 Å². The molecule has 14 heteroatoms. The minimum Gasteiger partial charge on any atom is -0.591 e. The van der Waals surface area contributed by atoms with Crippen LogP contribution >= 0.6 is 0 Å². The van der Waals surface area contributed by atoms with Crippen molar-refractivity contribution in [2.24, 2.45) is 5.92 Å². The fourth-order valence-corrected chi connectivity index (χ4v) is 24.4. The van der Waals surface area contributed by atoms with E-state index >= 15 is 0 Å². The first-order valence-electron chi connectivity index (χ1n) is 12.2. The average Bonchev–Trinajstić information content (AvgIpc) is 3.03. The van der Waals surface area contributed by atoms with Crippen molar-refractivity contribution in [3.63, 3.8) is 0 Å². The summed E-state index contributed by atoms with van der Waals surface area (Å²) in [5, 5.41) is 0. The van der Waals surface area contributed by atoms with Gasteiger partial charge in [0.1, 0.15) is 9.76 Å². The molecule has 0 aromatic rings. The second-order valence-corrected chi connectivity index (χ2v) is 28.8. The molecule has 1 saturated carbocycles. The molecule has 0 N–H and O–H groups in total. The van der Waals surface area contributed by atoms with Gasteiger partial charge in [-0.2, -0.15) is 0 Å². The Balaban J connectivity index is 0. The summed E-state index contributed by atoms with van der Waals surface area (Å²) in [6.45, 7) is 25.7. The first kappa shape index (κ1) is 35.4. The van der Waals surface area contributed by atoms with Crippen LogP contribution in [-0.2, 0) is 24.7 Å². The summed E-state index contributed by atoms with van der Waals surface area (Å²) in [6, 6.07) is 0. The maximum absolute atomic E-state index is 5.96. The van der Waals surface area contributed by atoms with Gasteiger partial charge in [-0.05, 0) is 71.4 Å². The average molecular weight is 591 g/mol. The van der Waals surface area contributed by atoms with Crippen LogP contribution in [0.15, 0.2) is 0 Å². The molecule has 2 unspecified atom stereocenters. The van der Waals surface area contributed by atoms with Crippen LogP contribution in [-0.4, -0.2) is 79.1 Å². The van der Waals surface area contributed by atoms with Crippen LogP contribution in [0.4, 0.5) is 0 Å². The molecule has 0 aromatic carbocycles. The van der Waals surface area contributed by atoms with Crippen molar-refractivity contribution in [2.45, 2.75) is 105 Å². The summed E-state index contributed by atoms with van der Waals surface area (Å²) in [4.78, 5) is 0. The fraction of sp³-hybridized carbons (Fsp3) is 0.944. The maximum Gasteiger partial charge on any atom is 0.355 e. The van der Waals surface area contributed by atoms with Crippen molar-refractivity contribution in [2.75, 3.05) is 0 Å². The molecule has 1 aliphatic rings. The van der Waals surface area contributed by atoms with Gasteiger partial charge in [-0.15, -0.1) is 0 Å². The molecule has 1 fully saturated rings. The Kier molecular flexibility index (Phi) is 21.4. The number of hydrogen-bond acceptors (Lipinski definition) is 6. The van der Waals surface area contributed by atoms with Gasteiger partial charge in [-0.3, -0.25) is 0 Å². The molecule has 0 aromatic heterocycles. The highest BCUT2D eigenvalue weighted by Crippen LogP contribution is 2.23. The molecule has 6 nitrogen and oxygen atoms in total. The Bertz CT molecular complexity index is 465. The van der Waals surface area contributed by atoms with Crippen molar-refractivity contribution in [1.82, 2.24) is 0 Å². The number of rotatable bonds is 12. The van der Waals surface area contributed by atoms with Crippen LogP contribution in [0.2, 0.25) is 72.0 Å². The highest BCUT2D eigenvalue weighted by atomic mass is 28.5. The molecule has 0 bridgehead atoms. The zero-order valence-corrected chi connectivity index (χ0v) is 32.3. The standard InChI is InChI=1S/C7H24O3Si4.C6H12.C5H18O3Si4/c1-11(2)8-13(5)10-14(6,7)9-12(3)4;1-6-4-2-3-5-6;1-9-6-11(3)8-12(4,5)7-10-2/h11-13H,1-7H3;6H,2-5H2,1H3;9,11H,1,10H2,2-5H3. The fourth-order valence-electron chi connectivity index (χ4n) is 3.48. The van der Waals surface area contributed by atoms with Crippen LogP contribution in [0, 0.1) is 5.92 Å². The SMILES string of the molecule is C=[SiH]O[SiH](C)O[Si](C)(C)O[SiH2]C.CC1CCCC1.C[SiH](C)O[SiH](C)O[Si](C)(C)O[SiH](C)C. The van der Waals surface area contributed by atoms with E-state index in [1.54, 1.807) is 0 Å². The molecular weight excluding hydrogens is 537 g/mol. The van der Waals surface area contributed by atoms with Crippen LogP contribution in [0.25, 0.3) is 0 Å². The summed E-state index contributed by atoms with van der Waals surface area (Å²) in [7, 11) is -8.94. The molecule has 0 saturated heterocycles. The second-order valence-electron chi connectivity index (χ2n) is 9.65. The lowest BCUT2D eigenvalue weighted by Gasteiger charge is -2.29. The van der Waals surface area contributed by atoms with Gasteiger partial charge in [0.05, 0.1) is 0 Å². The third kappa shape index (κ3) is 24.3. The first-order valence-corrected chi connectivity index (χ1v) is 30.9. The molecule has 0 spiro atoms. The molecule has 32 heavy (non-hydrogen) atoms. The molecule has 0 heterocycles. The van der Waals surface area contributed by atoms with Gasteiger partial charge in [0.15, 0.2) is 27.5 Å². The van der Waals surface area contributed by atoms with Crippen LogP contribution < -0.4 is 0 Å². The third-order valence-electron chi connectivity index (χ3n) is 4.31. The van der Waals surface area contributed by atoms with Gasteiger partial charge < -0.3 is 24.7 Å². The first-order chi connectivity index (χ1) is 14.6. The van der Waals surface area contributed by atoms with Crippen molar-refractivity contribution < 1.29 is 24.7 Å². The lowest BCUT2D eigenvalue weighted by molar-refractivity contribution is 0.361. The van der Waals surface area contributed by atoms with Crippen LogP contribution in [0.3, 0.4) is 0 Å². The Labute approximate surface area is 213 Å². The molecular formula is C18H54O6Si8. The van der Waals surface area contributed by atoms with Gasteiger partial charge >= 0.3 is 26.4 Å². The normalized spacial score (nSPS) is 17.1. The molecule has 0 amide bonds. The second kappa shape index (κ2) is 19.4. The van der Waals surface area contributed by atoms with E-state index in [0.29, 0.717) is 0 Å². The third-order valence-corrected chi connectivity index (χ3v) is 25.6. The quantitative estimate of drug-likeness (QED) is 0.325. The highest BCUT2D eigenvalue weighted by Gasteiger charge is 2.29. The van der Waals surface area contributed by atoms with Gasteiger partial charge in [-0.25, -0.2) is 0 Å². The van der Waals surface area contributed by atoms with E-state index in [1.807, 2.05) is 6.55 Å². The largest absolute Gasteiger partial charge is 0.591 e. The summed E-state index contributed by atoms with van der Waals surface area (Å²) >= 11 is 0. The molecule has 1 aliphatic carbocycles. The van der Waals surface area contributed by atoms with Crippen LogP contribution in [0.5, 0.6) is 0 Å². The van der Waals surface area contributed by atoms with Gasteiger partial charge in [0, 0.05) is 0 Å². The van der Waals surface area contributed by atoms with Gasteiger partial charge in [-0.1, -0.05) is 45.3 Å². The zero-order chi connectivity index (χ0) is 25.4. The molecule has 194 valence electrons. The Morgan fingerprint density at radius 3 is 1.66 bits per heavy atom. The predicted octanol–water partition coefficient (Wildman–Crippen LogP) is 3.26.